The first kappa shape index (κ1) is 19.7. The van der Waals surface area contributed by atoms with Crippen LogP contribution in [0.25, 0.3) is 11.0 Å². The molecule has 9 nitrogen and oxygen atoms in total. The average molecular weight is 422 g/mol. The minimum Gasteiger partial charge on any atom is -0.438 e. The van der Waals surface area contributed by atoms with Gasteiger partial charge in [0.15, 0.2) is 5.65 Å². The lowest BCUT2D eigenvalue weighted by molar-refractivity contribution is -0.129. The second-order valence-electron chi connectivity index (χ2n) is 8.08. The monoisotopic (exact) mass is 421 g/mol. The van der Waals surface area contributed by atoms with Crippen LogP contribution in [-0.4, -0.2) is 69.8 Å². The number of piperidine rings is 1. The van der Waals surface area contributed by atoms with Gasteiger partial charge >= 0.3 is 0 Å². The number of nitrogens with zero attached hydrogens (tertiary/aromatic N) is 6. The Balaban J connectivity index is 1.30. The Morgan fingerprint density at radius 2 is 1.81 bits per heavy atom. The third-order valence-electron chi connectivity index (χ3n) is 6.15. The molecule has 4 heterocycles. The zero-order valence-corrected chi connectivity index (χ0v) is 17.7. The van der Waals surface area contributed by atoms with E-state index in [-0.39, 0.29) is 5.91 Å². The Bertz CT molecular complexity index is 1050. The number of aromatic nitrogens is 4. The van der Waals surface area contributed by atoms with Crippen LogP contribution in [0.1, 0.15) is 25.8 Å². The molecular weight excluding hydrogens is 394 g/mol. The highest BCUT2D eigenvalue weighted by Gasteiger charge is 2.21. The van der Waals surface area contributed by atoms with Crippen molar-refractivity contribution in [2.75, 3.05) is 44.2 Å². The highest BCUT2D eigenvalue weighted by Crippen LogP contribution is 2.30. The fraction of sp³-hybridized carbons (Fsp3) is 0.455. The molecule has 2 aliphatic rings. The number of ether oxygens (including phenoxy) is 1. The first-order valence-electron chi connectivity index (χ1n) is 10.9. The molecule has 2 fully saturated rings. The van der Waals surface area contributed by atoms with Gasteiger partial charge in [0.25, 0.3) is 0 Å². The number of anilines is 1. The molecule has 1 aromatic carbocycles. The second-order valence-corrected chi connectivity index (χ2v) is 8.08. The molecule has 1 N–H and O–H groups in total. The van der Waals surface area contributed by atoms with Crippen LogP contribution >= 0.6 is 0 Å². The maximum absolute atomic E-state index is 11.5. The lowest BCUT2D eigenvalue weighted by atomic mass is 10.1. The van der Waals surface area contributed by atoms with Crippen LogP contribution in [-0.2, 0) is 4.79 Å². The number of carbonyl (C=O) groups is 1. The van der Waals surface area contributed by atoms with Crippen LogP contribution in [0, 0.1) is 0 Å². The predicted molar refractivity (Wildman–Crippen MR) is 117 cm³/mol. The van der Waals surface area contributed by atoms with Crippen LogP contribution in [0.3, 0.4) is 0 Å². The first-order valence-corrected chi connectivity index (χ1v) is 10.9. The summed E-state index contributed by atoms with van der Waals surface area (Å²) in [5, 5.41) is 8.80. The summed E-state index contributed by atoms with van der Waals surface area (Å²) in [5.41, 5.74) is 1.94. The number of benzene rings is 1. The highest BCUT2D eigenvalue weighted by atomic mass is 16.5. The van der Waals surface area contributed by atoms with Crippen LogP contribution < -0.4 is 15.0 Å². The summed E-state index contributed by atoms with van der Waals surface area (Å²) < 4.78 is 8.10. The Labute approximate surface area is 181 Å². The molecule has 0 spiro atoms. The number of nitrogens with one attached hydrogen (secondary N) is 1. The summed E-state index contributed by atoms with van der Waals surface area (Å²) in [5.74, 6) is 1.39. The molecular formula is C22H27N7O2. The van der Waals surface area contributed by atoms with Gasteiger partial charge in [0.2, 0.25) is 11.8 Å². The lowest BCUT2D eigenvalue weighted by Gasteiger charge is -2.35. The summed E-state index contributed by atoms with van der Waals surface area (Å²) in [7, 11) is 0. The maximum atomic E-state index is 11.5. The van der Waals surface area contributed by atoms with E-state index in [1.54, 1.807) is 19.4 Å². The number of carbonyl (C=O) groups excluding carboxylic acids is 1. The van der Waals surface area contributed by atoms with Gasteiger partial charge in [-0.2, -0.15) is 5.10 Å². The molecule has 5 rings (SSSR count). The number of piperazine rings is 1. The van der Waals surface area contributed by atoms with Gasteiger partial charge in [0.1, 0.15) is 17.5 Å². The molecule has 2 saturated heterocycles. The zero-order valence-electron chi connectivity index (χ0n) is 17.7. The molecule has 2 aliphatic heterocycles. The molecule has 3 aromatic rings. The van der Waals surface area contributed by atoms with Crippen LogP contribution in [0.5, 0.6) is 11.6 Å². The van der Waals surface area contributed by atoms with Crippen LogP contribution in [0.2, 0.25) is 0 Å². The normalized spacial score (nSPS) is 17.8. The Morgan fingerprint density at radius 3 is 2.52 bits per heavy atom. The Morgan fingerprint density at radius 1 is 1.06 bits per heavy atom. The van der Waals surface area contributed by atoms with Gasteiger partial charge in [-0.3, -0.25) is 4.79 Å². The van der Waals surface area contributed by atoms with Crippen molar-refractivity contribution in [3.05, 3.63) is 36.8 Å². The van der Waals surface area contributed by atoms with Crippen molar-refractivity contribution in [2.24, 2.45) is 0 Å². The van der Waals surface area contributed by atoms with E-state index in [1.807, 2.05) is 21.7 Å². The summed E-state index contributed by atoms with van der Waals surface area (Å²) in [6, 6.07) is 8.37. The number of fused-ring (bicyclic) bond motifs is 1. The molecule has 0 radical (unpaired) electrons. The van der Waals surface area contributed by atoms with E-state index < -0.39 is 0 Å². The van der Waals surface area contributed by atoms with Gasteiger partial charge in [-0.25, -0.2) is 14.6 Å². The highest BCUT2D eigenvalue weighted by molar-refractivity contribution is 5.80. The van der Waals surface area contributed by atoms with E-state index in [0.717, 1.165) is 74.6 Å². The van der Waals surface area contributed by atoms with Crippen LogP contribution in [0.15, 0.2) is 36.8 Å². The smallest absolute Gasteiger partial charge is 0.233 e. The Hall–Kier alpha value is -3.20. The third-order valence-corrected chi connectivity index (χ3v) is 6.15. The van der Waals surface area contributed by atoms with Crippen molar-refractivity contribution in [3.63, 3.8) is 0 Å². The predicted octanol–water partition coefficient (Wildman–Crippen LogP) is 2.21. The molecule has 162 valence electrons. The maximum Gasteiger partial charge on any atom is 0.233 e. The largest absolute Gasteiger partial charge is 0.438 e. The summed E-state index contributed by atoms with van der Waals surface area (Å²) >= 11 is 0. The molecule has 0 bridgehead atoms. The number of rotatable bonds is 4. The van der Waals surface area contributed by atoms with Gasteiger partial charge in [-0.15, -0.1) is 0 Å². The lowest BCUT2D eigenvalue weighted by Crippen LogP contribution is -2.48. The molecule has 31 heavy (non-hydrogen) atoms. The van der Waals surface area contributed by atoms with Crippen molar-refractivity contribution in [1.82, 2.24) is 30.0 Å². The number of hydrogen-bond acceptors (Lipinski definition) is 7. The third kappa shape index (κ3) is 4.05. The molecule has 9 heteroatoms. The standard InChI is InChI=1S/C22H27N7O2/c1-16(30)27-10-12-28(13-11-27)17-2-4-19(5-3-17)31-22-20-14-26-29(21(20)24-15-25-22)18-6-8-23-9-7-18/h2-5,14-15,18,23H,6-13H2,1H3. The SMILES string of the molecule is CC(=O)N1CCN(c2ccc(Oc3ncnc4c3cnn4C3CCNCC3)cc2)CC1. The Kier molecular flexibility index (Phi) is 5.42. The summed E-state index contributed by atoms with van der Waals surface area (Å²) in [6.07, 6.45) is 5.42. The van der Waals surface area contributed by atoms with E-state index in [1.165, 1.54) is 0 Å². The van der Waals surface area contributed by atoms with E-state index in [4.69, 9.17) is 4.74 Å². The zero-order chi connectivity index (χ0) is 21.2. The van der Waals surface area contributed by atoms with Gasteiger partial charge in [0.05, 0.1) is 12.2 Å². The fourth-order valence-electron chi connectivity index (χ4n) is 4.36. The van der Waals surface area contributed by atoms with Crippen molar-refractivity contribution < 1.29 is 9.53 Å². The molecule has 0 atom stereocenters. The number of amides is 1. The van der Waals surface area contributed by atoms with E-state index in [9.17, 15) is 4.79 Å². The van der Waals surface area contributed by atoms with Gasteiger partial charge in [-0.1, -0.05) is 0 Å². The molecule has 1 amide bonds. The minimum atomic E-state index is 0.142. The average Bonchev–Trinajstić information content (AvgIpc) is 3.25. The van der Waals surface area contributed by atoms with Crippen molar-refractivity contribution in [3.8, 4) is 11.6 Å². The number of hydrogen-bond donors (Lipinski definition) is 1. The topological polar surface area (TPSA) is 88.4 Å². The van der Waals surface area contributed by atoms with Gasteiger partial charge in [-0.05, 0) is 50.2 Å². The van der Waals surface area contributed by atoms with Crippen LogP contribution in [0.4, 0.5) is 5.69 Å². The minimum absolute atomic E-state index is 0.142. The first-order chi connectivity index (χ1) is 15.2. The van der Waals surface area contributed by atoms with Gasteiger partial charge in [0, 0.05) is 38.8 Å². The summed E-state index contributed by atoms with van der Waals surface area (Å²) in [6.45, 7) is 6.81. The van der Waals surface area contributed by atoms with E-state index >= 15 is 0 Å². The van der Waals surface area contributed by atoms with E-state index in [2.05, 4.69) is 37.4 Å². The molecule has 0 saturated carbocycles. The van der Waals surface area contributed by atoms with Gasteiger partial charge < -0.3 is 19.9 Å². The fourth-order valence-corrected chi connectivity index (χ4v) is 4.36. The second kappa shape index (κ2) is 8.50. The summed E-state index contributed by atoms with van der Waals surface area (Å²) in [4.78, 5) is 24.5. The van der Waals surface area contributed by atoms with E-state index in [0.29, 0.717) is 11.9 Å². The molecule has 0 unspecified atom stereocenters. The van der Waals surface area contributed by atoms with Crippen molar-refractivity contribution >= 4 is 22.6 Å². The van der Waals surface area contributed by atoms with Crippen molar-refractivity contribution in [2.45, 2.75) is 25.8 Å². The molecule has 2 aromatic heterocycles. The quantitative estimate of drug-likeness (QED) is 0.691. The van der Waals surface area contributed by atoms with Crippen molar-refractivity contribution in [1.29, 1.82) is 0 Å². The molecule has 0 aliphatic carbocycles.